The average Bonchev–Trinajstić information content (AvgIpc) is 3.79. The number of carbonyl (C=O) groups excluding carboxylic acids is 3. The van der Waals surface area contributed by atoms with Crippen molar-refractivity contribution in [3.8, 4) is 0 Å². The number of hydrogen-bond donors (Lipinski definition) is 1. The van der Waals surface area contributed by atoms with E-state index in [1.165, 1.54) is 25.6 Å². The third-order valence-electron chi connectivity index (χ3n) is 6.98. The molecule has 0 saturated carbocycles. The van der Waals surface area contributed by atoms with E-state index in [2.05, 4.69) is 24.8 Å². The molecule has 44 heavy (non-hydrogen) atoms. The van der Waals surface area contributed by atoms with Gasteiger partial charge in [-0.3, -0.25) is 14.5 Å². The minimum Gasteiger partial charge on any atom is -0.469 e. The lowest BCUT2D eigenvalue weighted by atomic mass is 10.2. The van der Waals surface area contributed by atoms with Gasteiger partial charge in [-0.15, -0.1) is 22.7 Å². The second kappa shape index (κ2) is 17.7. The Bertz CT molecular complexity index is 1200. The Kier molecular flexibility index (Phi) is 15.1. The van der Waals surface area contributed by atoms with Crippen LogP contribution in [0.5, 0.6) is 0 Å². The van der Waals surface area contributed by atoms with Crippen LogP contribution in [-0.4, -0.2) is 92.2 Å². The normalized spacial score (nSPS) is 21.2. The first-order chi connectivity index (χ1) is 20.5. The van der Waals surface area contributed by atoms with Crippen LogP contribution in [0.3, 0.4) is 0 Å². The Labute approximate surface area is 268 Å². The molecule has 2 aliphatic rings. The number of ether oxygens (including phenoxy) is 5. The number of nitrogens with one attached hydrogen (secondary N) is 1. The van der Waals surface area contributed by atoms with Gasteiger partial charge in [-0.05, 0) is 40.0 Å². The topological polar surface area (TPSA) is 138 Å². The minimum absolute atomic E-state index is 0. The summed E-state index contributed by atoms with van der Waals surface area (Å²) in [4.78, 5) is 47.6. The summed E-state index contributed by atoms with van der Waals surface area (Å²) < 4.78 is 25.6. The van der Waals surface area contributed by atoms with Crippen LogP contribution in [-0.2, 0) is 46.1 Å². The predicted octanol–water partition coefficient (Wildman–Crippen LogP) is 4.88. The second-order valence-electron chi connectivity index (χ2n) is 11.3. The summed E-state index contributed by atoms with van der Waals surface area (Å²) >= 11 is 3.17. The third kappa shape index (κ3) is 11.4. The number of likely N-dealkylation sites (tertiary alicyclic amines) is 1. The number of amides is 1. The molecule has 4 atom stereocenters. The molecule has 2 aromatic rings. The number of aromatic nitrogens is 2. The molecule has 2 aliphatic heterocycles. The fourth-order valence-corrected chi connectivity index (χ4v) is 6.69. The standard InChI is InChI=1S/C17H26N2O5S.C12H18N2O3S.CH4/c1-17(2,3)24-16(21)19-10-11(22-4)8-13(19)15-18-9-12(25-15)6-7-14(20)23-5;1-16-8-5-10(13-6-8)12-14-7-9(18-12)3-4-11(15)17-2;/h9,11,13H,6-8,10H2,1-5H3;7-8,10,13H,3-6H2,1-2H3;1H4/t11-,13-;8-,10-;/m00./s1. The lowest BCUT2D eigenvalue weighted by Gasteiger charge is -2.27. The van der Waals surface area contributed by atoms with Crippen molar-refractivity contribution in [2.75, 3.05) is 41.5 Å². The van der Waals surface area contributed by atoms with E-state index < -0.39 is 5.60 Å². The smallest absolute Gasteiger partial charge is 0.410 e. The molecular weight excluding hydrogens is 608 g/mol. The van der Waals surface area contributed by atoms with Crippen LogP contribution in [0.4, 0.5) is 4.79 Å². The number of esters is 2. The van der Waals surface area contributed by atoms with Gasteiger partial charge in [0.2, 0.25) is 0 Å². The van der Waals surface area contributed by atoms with Crippen LogP contribution in [0.15, 0.2) is 12.4 Å². The highest BCUT2D eigenvalue weighted by Gasteiger charge is 2.40. The van der Waals surface area contributed by atoms with Gasteiger partial charge in [0, 0.05) is 49.3 Å². The molecule has 2 saturated heterocycles. The molecule has 0 bridgehead atoms. The van der Waals surface area contributed by atoms with Crippen LogP contribution in [0.2, 0.25) is 0 Å². The first kappa shape index (κ1) is 37.5. The molecule has 2 fully saturated rings. The monoisotopic (exact) mass is 656 g/mol. The number of rotatable bonds is 10. The van der Waals surface area contributed by atoms with E-state index in [1.54, 1.807) is 36.7 Å². The van der Waals surface area contributed by atoms with E-state index in [1.807, 2.05) is 27.0 Å². The molecule has 0 aliphatic carbocycles. The molecule has 1 N–H and O–H groups in total. The predicted molar refractivity (Wildman–Crippen MR) is 169 cm³/mol. The lowest BCUT2D eigenvalue weighted by molar-refractivity contribution is -0.141. The van der Waals surface area contributed by atoms with E-state index >= 15 is 0 Å². The van der Waals surface area contributed by atoms with E-state index in [0.717, 1.165) is 32.7 Å². The Balaban J connectivity index is 0.000000315. The molecule has 14 heteroatoms. The number of aryl methyl sites for hydroxylation is 2. The van der Waals surface area contributed by atoms with Crippen LogP contribution in [0.1, 0.15) is 85.7 Å². The molecule has 0 unspecified atom stereocenters. The van der Waals surface area contributed by atoms with E-state index in [9.17, 15) is 14.4 Å². The summed E-state index contributed by atoms with van der Waals surface area (Å²) in [6.45, 7) is 6.89. The molecule has 4 rings (SSSR count). The number of hydrogen-bond acceptors (Lipinski definition) is 13. The fourth-order valence-electron chi connectivity index (χ4n) is 4.64. The highest BCUT2D eigenvalue weighted by atomic mass is 32.1. The van der Waals surface area contributed by atoms with Crippen molar-refractivity contribution in [2.45, 2.75) is 96.6 Å². The van der Waals surface area contributed by atoms with Crippen molar-refractivity contribution in [1.29, 1.82) is 0 Å². The van der Waals surface area contributed by atoms with Crippen molar-refractivity contribution < 1.29 is 38.1 Å². The van der Waals surface area contributed by atoms with Gasteiger partial charge in [-0.1, -0.05) is 7.43 Å². The Morgan fingerprint density at radius 2 is 1.43 bits per heavy atom. The summed E-state index contributed by atoms with van der Waals surface area (Å²) in [5, 5.41) is 5.31. The maximum Gasteiger partial charge on any atom is 0.410 e. The number of carbonyl (C=O) groups is 3. The zero-order chi connectivity index (χ0) is 31.6. The third-order valence-corrected chi connectivity index (χ3v) is 9.31. The number of thiazole rings is 2. The van der Waals surface area contributed by atoms with E-state index in [0.29, 0.717) is 38.6 Å². The Morgan fingerprint density at radius 3 is 1.93 bits per heavy atom. The van der Waals surface area contributed by atoms with Gasteiger partial charge < -0.3 is 29.0 Å². The first-order valence-electron chi connectivity index (χ1n) is 14.3. The quantitative estimate of drug-likeness (QED) is 0.277. The average molecular weight is 657 g/mol. The maximum absolute atomic E-state index is 12.5. The minimum atomic E-state index is -0.554. The molecule has 248 valence electrons. The lowest BCUT2D eigenvalue weighted by Crippen LogP contribution is -2.37. The van der Waals surface area contributed by atoms with Crippen molar-refractivity contribution in [1.82, 2.24) is 20.2 Å². The highest BCUT2D eigenvalue weighted by molar-refractivity contribution is 7.12. The van der Waals surface area contributed by atoms with Crippen LogP contribution in [0.25, 0.3) is 0 Å². The van der Waals surface area contributed by atoms with Crippen molar-refractivity contribution >= 4 is 40.7 Å². The molecule has 0 spiro atoms. The first-order valence-corrected chi connectivity index (χ1v) is 15.9. The molecular formula is C30H48N4O8S2. The number of methoxy groups -OCH3 is 4. The molecule has 4 heterocycles. The van der Waals surface area contributed by atoms with Crippen LogP contribution >= 0.6 is 22.7 Å². The SMILES string of the molecule is C.COC(=O)CCc1cnc([C@@H]2C[C@H](OC)CN2)s1.COC(=O)CCc1cnc([C@@H]2C[C@H](OC)CN2C(=O)OC(C)(C)C)s1. The zero-order valence-corrected chi connectivity index (χ0v) is 27.7. The van der Waals surface area contributed by atoms with Crippen molar-refractivity contribution in [2.24, 2.45) is 0 Å². The highest BCUT2D eigenvalue weighted by Crippen LogP contribution is 2.36. The molecule has 0 aromatic carbocycles. The van der Waals surface area contributed by atoms with Gasteiger partial charge in [0.05, 0.1) is 57.9 Å². The Hall–Kier alpha value is -2.65. The van der Waals surface area contributed by atoms with Gasteiger partial charge in [-0.25, -0.2) is 14.8 Å². The van der Waals surface area contributed by atoms with E-state index in [-0.39, 0.29) is 49.8 Å². The molecule has 1 amide bonds. The van der Waals surface area contributed by atoms with Crippen LogP contribution in [0, 0.1) is 0 Å². The largest absolute Gasteiger partial charge is 0.469 e. The fraction of sp³-hybridized carbons (Fsp3) is 0.700. The summed E-state index contributed by atoms with van der Waals surface area (Å²) in [6.07, 6.45) is 7.14. The van der Waals surface area contributed by atoms with Gasteiger partial charge >= 0.3 is 18.0 Å². The van der Waals surface area contributed by atoms with Gasteiger partial charge in [0.25, 0.3) is 0 Å². The summed E-state index contributed by atoms with van der Waals surface area (Å²) in [5.74, 6) is -0.422. The maximum atomic E-state index is 12.5. The summed E-state index contributed by atoms with van der Waals surface area (Å²) in [6, 6.07) is 0.114. The Morgan fingerprint density at radius 1 is 0.886 bits per heavy atom. The molecule has 12 nitrogen and oxygen atoms in total. The summed E-state index contributed by atoms with van der Waals surface area (Å²) in [7, 11) is 6.17. The summed E-state index contributed by atoms with van der Waals surface area (Å²) in [5.41, 5.74) is -0.554. The number of nitrogens with zero attached hydrogens (tertiary/aromatic N) is 3. The molecule has 0 radical (unpaired) electrons. The van der Waals surface area contributed by atoms with Gasteiger partial charge in [0.1, 0.15) is 15.6 Å². The van der Waals surface area contributed by atoms with Gasteiger partial charge in [-0.2, -0.15) is 0 Å². The van der Waals surface area contributed by atoms with Crippen molar-refractivity contribution in [3.63, 3.8) is 0 Å². The van der Waals surface area contributed by atoms with Crippen molar-refractivity contribution in [3.05, 3.63) is 32.2 Å². The van der Waals surface area contributed by atoms with E-state index in [4.69, 9.17) is 14.2 Å². The van der Waals surface area contributed by atoms with Gasteiger partial charge in [0.15, 0.2) is 0 Å². The molecule has 2 aromatic heterocycles. The van der Waals surface area contributed by atoms with Crippen LogP contribution < -0.4 is 5.32 Å². The second-order valence-corrected chi connectivity index (χ2v) is 13.6. The zero-order valence-electron chi connectivity index (χ0n) is 26.0.